The van der Waals surface area contributed by atoms with Crippen LogP contribution in [-0.4, -0.2) is 22.0 Å². The SMILES string of the molecule is O=C(Nc1ccccc1)Nc1cccc2cccnc12.O=C(Nc1ccccc1)Nc1cccc2cccnc12. The Bertz CT molecular complexity index is 1600. The van der Waals surface area contributed by atoms with Gasteiger partial charge in [-0.2, -0.15) is 0 Å². The van der Waals surface area contributed by atoms with E-state index in [1.807, 2.05) is 121 Å². The Kier molecular flexibility index (Phi) is 8.19. The smallest absolute Gasteiger partial charge is 0.308 e. The molecule has 0 spiro atoms. The van der Waals surface area contributed by atoms with Crippen molar-refractivity contribution in [2.75, 3.05) is 21.3 Å². The van der Waals surface area contributed by atoms with Gasteiger partial charge in [0.25, 0.3) is 0 Å². The highest BCUT2D eigenvalue weighted by molar-refractivity contribution is 6.05. The van der Waals surface area contributed by atoms with Crippen molar-refractivity contribution < 1.29 is 9.59 Å². The summed E-state index contributed by atoms with van der Waals surface area (Å²) in [4.78, 5) is 32.5. The van der Waals surface area contributed by atoms with Crippen LogP contribution < -0.4 is 21.3 Å². The number of carbonyl (C=O) groups is 2. The highest BCUT2D eigenvalue weighted by Gasteiger charge is 2.07. The maximum Gasteiger partial charge on any atom is 0.323 e. The molecule has 0 aliphatic carbocycles. The van der Waals surface area contributed by atoms with Gasteiger partial charge in [0.15, 0.2) is 0 Å². The molecule has 0 unspecified atom stereocenters. The van der Waals surface area contributed by atoms with Gasteiger partial charge in [-0.3, -0.25) is 9.97 Å². The molecule has 0 radical (unpaired) electrons. The van der Waals surface area contributed by atoms with E-state index in [0.717, 1.165) is 33.2 Å². The third kappa shape index (κ3) is 6.76. The van der Waals surface area contributed by atoms with E-state index in [4.69, 9.17) is 0 Å². The number of hydrogen-bond acceptors (Lipinski definition) is 4. The molecule has 8 nitrogen and oxygen atoms in total. The standard InChI is InChI=1S/2C16H13N3O/c2*20-16(18-13-8-2-1-3-9-13)19-14-10-4-6-12-7-5-11-17-15(12)14/h2*1-11H,(H2,18,19,20). The summed E-state index contributed by atoms with van der Waals surface area (Å²) >= 11 is 0. The summed E-state index contributed by atoms with van der Waals surface area (Å²) in [5, 5.41) is 13.2. The van der Waals surface area contributed by atoms with Crippen LogP contribution in [0.15, 0.2) is 134 Å². The number of amides is 4. The largest absolute Gasteiger partial charge is 0.323 e. The topological polar surface area (TPSA) is 108 Å². The molecule has 40 heavy (non-hydrogen) atoms. The van der Waals surface area contributed by atoms with Crippen molar-refractivity contribution in [2.24, 2.45) is 0 Å². The van der Waals surface area contributed by atoms with Gasteiger partial charge >= 0.3 is 12.1 Å². The molecule has 0 aliphatic heterocycles. The van der Waals surface area contributed by atoms with E-state index in [2.05, 4.69) is 31.2 Å². The first-order chi connectivity index (χ1) is 19.7. The Morgan fingerprint density at radius 2 is 0.825 bits per heavy atom. The molecule has 196 valence electrons. The Morgan fingerprint density at radius 1 is 0.425 bits per heavy atom. The van der Waals surface area contributed by atoms with Gasteiger partial charge in [0, 0.05) is 34.5 Å². The van der Waals surface area contributed by atoms with Crippen LogP contribution in [0.2, 0.25) is 0 Å². The molecular weight excluding hydrogens is 500 g/mol. The lowest BCUT2D eigenvalue weighted by atomic mass is 10.2. The molecule has 0 aliphatic rings. The zero-order valence-electron chi connectivity index (χ0n) is 21.4. The highest BCUT2D eigenvalue weighted by atomic mass is 16.2. The molecule has 4 amide bonds. The average molecular weight is 527 g/mol. The van der Waals surface area contributed by atoms with Gasteiger partial charge < -0.3 is 21.3 Å². The fraction of sp³-hybridized carbons (Fsp3) is 0. The molecule has 0 atom stereocenters. The van der Waals surface area contributed by atoms with Crippen molar-refractivity contribution in [3.63, 3.8) is 0 Å². The number of benzene rings is 4. The molecule has 6 rings (SSSR count). The molecule has 2 heterocycles. The first-order valence-corrected chi connectivity index (χ1v) is 12.6. The third-order valence-corrected chi connectivity index (χ3v) is 5.83. The van der Waals surface area contributed by atoms with Gasteiger partial charge in [0.2, 0.25) is 0 Å². The van der Waals surface area contributed by atoms with Gasteiger partial charge in [0.1, 0.15) is 0 Å². The number of nitrogens with zero attached hydrogens (tertiary/aromatic N) is 2. The minimum absolute atomic E-state index is 0.283. The Hall–Kier alpha value is -5.76. The lowest BCUT2D eigenvalue weighted by Gasteiger charge is -2.09. The summed E-state index contributed by atoms with van der Waals surface area (Å²) in [6.07, 6.45) is 3.42. The van der Waals surface area contributed by atoms with Crippen molar-refractivity contribution >= 4 is 56.6 Å². The number of rotatable bonds is 4. The molecular formula is C32H26N6O2. The summed E-state index contributed by atoms with van der Waals surface area (Å²) in [5.74, 6) is 0. The van der Waals surface area contributed by atoms with Crippen LogP contribution >= 0.6 is 0 Å². The zero-order chi connectivity index (χ0) is 27.6. The van der Waals surface area contributed by atoms with Gasteiger partial charge in [-0.15, -0.1) is 0 Å². The highest BCUT2D eigenvalue weighted by Crippen LogP contribution is 2.22. The third-order valence-electron chi connectivity index (χ3n) is 5.83. The lowest BCUT2D eigenvalue weighted by Crippen LogP contribution is -2.19. The van der Waals surface area contributed by atoms with E-state index in [0.29, 0.717) is 11.4 Å². The van der Waals surface area contributed by atoms with E-state index < -0.39 is 0 Å². The molecule has 2 aromatic heterocycles. The van der Waals surface area contributed by atoms with Crippen LogP contribution in [0, 0.1) is 0 Å². The number of aromatic nitrogens is 2. The van der Waals surface area contributed by atoms with Crippen molar-refractivity contribution in [3.05, 3.63) is 134 Å². The van der Waals surface area contributed by atoms with E-state index in [9.17, 15) is 9.59 Å². The Labute approximate surface area is 231 Å². The zero-order valence-corrected chi connectivity index (χ0v) is 21.4. The number of pyridine rings is 2. The van der Waals surface area contributed by atoms with Crippen molar-refractivity contribution in [2.45, 2.75) is 0 Å². The van der Waals surface area contributed by atoms with Crippen LogP contribution in [0.25, 0.3) is 21.8 Å². The molecule has 0 saturated heterocycles. The van der Waals surface area contributed by atoms with Crippen LogP contribution in [0.5, 0.6) is 0 Å². The second-order valence-corrected chi connectivity index (χ2v) is 8.65. The lowest BCUT2D eigenvalue weighted by molar-refractivity contribution is 0.261. The van der Waals surface area contributed by atoms with Crippen LogP contribution in [-0.2, 0) is 0 Å². The number of anilines is 4. The number of urea groups is 2. The number of para-hydroxylation sites is 4. The fourth-order valence-corrected chi connectivity index (χ4v) is 4.02. The summed E-state index contributed by atoms with van der Waals surface area (Å²) < 4.78 is 0. The molecule has 6 aromatic rings. The summed E-state index contributed by atoms with van der Waals surface area (Å²) in [5.41, 5.74) is 4.43. The molecule has 0 bridgehead atoms. The molecule has 4 N–H and O–H groups in total. The van der Waals surface area contributed by atoms with Crippen LogP contribution in [0.1, 0.15) is 0 Å². The summed E-state index contributed by atoms with van der Waals surface area (Å²) in [6.45, 7) is 0. The summed E-state index contributed by atoms with van der Waals surface area (Å²) in [7, 11) is 0. The monoisotopic (exact) mass is 526 g/mol. The van der Waals surface area contributed by atoms with Crippen molar-refractivity contribution in [3.8, 4) is 0 Å². The first-order valence-electron chi connectivity index (χ1n) is 12.6. The van der Waals surface area contributed by atoms with Gasteiger partial charge in [-0.25, -0.2) is 9.59 Å². The normalized spacial score (nSPS) is 10.2. The molecule has 8 heteroatoms. The minimum Gasteiger partial charge on any atom is -0.308 e. The van der Waals surface area contributed by atoms with Gasteiger partial charge in [-0.1, -0.05) is 72.8 Å². The molecule has 0 fully saturated rings. The maximum atomic E-state index is 12.0. The van der Waals surface area contributed by atoms with Crippen LogP contribution in [0.3, 0.4) is 0 Å². The van der Waals surface area contributed by atoms with Gasteiger partial charge in [-0.05, 0) is 48.5 Å². The van der Waals surface area contributed by atoms with E-state index in [1.54, 1.807) is 12.4 Å². The summed E-state index contributed by atoms with van der Waals surface area (Å²) in [6, 6.07) is 37.1. The van der Waals surface area contributed by atoms with E-state index in [-0.39, 0.29) is 12.1 Å². The van der Waals surface area contributed by atoms with Gasteiger partial charge in [0.05, 0.1) is 22.4 Å². The molecule has 4 aromatic carbocycles. The maximum absolute atomic E-state index is 12.0. The van der Waals surface area contributed by atoms with E-state index >= 15 is 0 Å². The quantitative estimate of drug-likeness (QED) is 0.188. The molecule has 0 saturated carbocycles. The second-order valence-electron chi connectivity index (χ2n) is 8.65. The van der Waals surface area contributed by atoms with Crippen molar-refractivity contribution in [1.82, 2.24) is 9.97 Å². The van der Waals surface area contributed by atoms with Crippen molar-refractivity contribution in [1.29, 1.82) is 0 Å². The Morgan fingerprint density at radius 3 is 1.25 bits per heavy atom. The fourth-order valence-electron chi connectivity index (χ4n) is 4.02. The average Bonchev–Trinajstić information content (AvgIpc) is 2.99. The first kappa shape index (κ1) is 25.9. The van der Waals surface area contributed by atoms with Crippen LogP contribution in [0.4, 0.5) is 32.3 Å². The number of hydrogen-bond donors (Lipinski definition) is 4. The number of carbonyl (C=O) groups excluding carboxylic acids is 2. The minimum atomic E-state index is -0.283. The number of fused-ring (bicyclic) bond motifs is 2. The van der Waals surface area contributed by atoms with E-state index in [1.165, 1.54) is 0 Å². The predicted octanol–water partition coefficient (Wildman–Crippen LogP) is 7.76. The number of nitrogens with one attached hydrogen (secondary N) is 4. The second kappa shape index (κ2) is 12.7. The predicted molar refractivity (Wildman–Crippen MR) is 162 cm³/mol. The Balaban J connectivity index is 0.000000161.